The van der Waals surface area contributed by atoms with Crippen LogP contribution in [0.4, 0.5) is 10.1 Å². The van der Waals surface area contributed by atoms with Crippen molar-refractivity contribution < 1.29 is 17.9 Å². The minimum absolute atomic E-state index is 0.00635. The topological polar surface area (TPSA) is 66.4 Å². The lowest BCUT2D eigenvalue weighted by Crippen LogP contribution is -2.14. The standard InChI is InChI=1S/C14H13BrFNO3S/c15-11-3-6-13(16)14(9-11)17-21(19,20)12-4-1-10(2-5-12)7-8-18/h1-6,9,17-18H,7-8H2. The van der Waals surface area contributed by atoms with E-state index in [0.29, 0.717) is 10.9 Å². The van der Waals surface area contributed by atoms with Crippen molar-refractivity contribution in [1.29, 1.82) is 0 Å². The van der Waals surface area contributed by atoms with E-state index in [2.05, 4.69) is 20.7 Å². The molecule has 0 saturated carbocycles. The van der Waals surface area contributed by atoms with Gasteiger partial charge >= 0.3 is 0 Å². The Hall–Kier alpha value is -1.44. The lowest BCUT2D eigenvalue weighted by atomic mass is 10.2. The predicted octanol–water partition coefficient (Wildman–Crippen LogP) is 2.92. The van der Waals surface area contributed by atoms with Gasteiger partial charge < -0.3 is 5.11 Å². The third-order valence-electron chi connectivity index (χ3n) is 2.81. The van der Waals surface area contributed by atoms with E-state index in [1.54, 1.807) is 12.1 Å². The number of nitrogens with one attached hydrogen (secondary N) is 1. The van der Waals surface area contributed by atoms with Crippen LogP contribution < -0.4 is 4.72 Å². The molecule has 0 aliphatic carbocycles. The number of sulfonamides is 1. The van der Waals surface area contributed by atoms with Crippen molar-refractivity contribution in [2.45, 2.75) is 11.3 Å². The number of anilines is 1. The zero-order chi connectivity index (χ0) is 15.5. The van der Waals surface area contributed by atoms with Gasteiger partial charge in [0.1, 0.15) is 5.82 Å². The third-order valence-corrected chi connectivity index (χ3v) is 4.68. The van der Waals surface area contributed by atoms with E-state index < -0.39 is 15.8 Å². The maximum atomic E-state index is 13.6. The van der Waals surface area contributed by atoms with Crippen molar-refractivity contribution in [3.8, 4) is 0 Å². The van der Waals surface area contributed by atoms with Gasteiger partial charge in [0.2, 0.25) is 0 Å². The van der Waals surface area contributed by atoms with E-state index in [-0.39, 0.29) is 17.2 Å². The molecular formula is C14H13BrFNO3S. The molecule has 2 aromatic rings. The van der Waals surface area contributed by atoms with Gasteiger partial charge in [-0.3, -0.25) is 4.72 Å². The van der Waals surface area contributed by atoms with Gasteiger partial charge in [-0.05, 0) is 42.3 Å². The normalized spacial score (nSPS) is 11.4. The van der Waals surface area contributed by atoms with Crippen molar-refractivity contribution in [2.24, 2.45) is 0 Å². The summed E-state index contributed by atoms with van der Waals surface area (Å²) in [6, 6.07) is 10.1. The molecule has 2 N–H and O–H groups in total. The minimum Gasteiger partial charge on any atom is -0.396 e. The molecule has 7 heteroatoms. The number of aliphatic hydroxyl groups excluding tert-OH is 1. The van der Waals surface area contributed by atoms with Crippen molar-refractivity contribution >= 4 is 31.6 Å². The highest BCUT2D eigenvalue weighted by Crippen LogP contribution is 2.23. The van der Waals surface area contributed by atoms with E-state index >= 15 is 0 Å². The molecule has 0 radical (unpaired) electrons. The Labute approximate surface area is 130 Å². The largest absolute Gasteiger partial charge is 0.396 e. The molecular weight excluding hydrogens is 361 g/mol. The zero-order valence-electron chi connectivity index (χ0n) is 10.9. The minimum atomic E-state index is -3.86. The first kappa shape index (κ1) is 15.9. The van der Waals surface area contributed by atoms with Gasteiger partial charge in [-0.25, -0.2) is 12.8 Å². The molecule has 2 aromatic carbocycles. The van der Waals surface area contributed by atoms with E-state index in [9.17, 15) is 12.8 Å². The summed E-state index contributed by atoms with van der Waals surface area (Å²) in [7, 11) is -3.86. The average molecular weight is 374 g/mol. The van der Waals surface area contributed by atoms with Crippen molar-refractivity contribution in [2.75, 3.05) is 11.3 Å². The van der Waals surface area contributed by atoms with Gasteiger partial charge in [-0.1, -0.05) is 28.1 Å². The Bertz CT molecular complexity index is 732. The lowest BCUT2D eigenvalue weighted by molar-refractivity contribution is 0.299. The molecule has 0 bridgehead atoms. The average Bonchev–Trinajstić information content (AvgIpc) is 2.44. The van der Waals surface area contributed by atoms with Gasteiger partial charge in [0, 0.05) is 11.1 Å². The molecule has 0 aliphatic rings. The van der Waals surface area contributed by atoms with Crippen LogP contribution in [-0.4, -0.2) is 20.1 Å². The Balaban J connectivity index is 2.27. The fourth-order valence-corrected chi connectivity index (χ4v) is 3.16. The predicted molar refractivity (Wildman–Crippen MR) is 82.1 cm³/mol. The highest BCUT2D eigenvalue weighted by atomic mass is 79.9. The van der Waals surface area contributed by atoms with E-state index in [4.69, 9.17) is 5.11 Å². The van der Waals surface area contributed by atoms with Crippen LogP contribution in [0.5, 0.6) is 0 Å². The summed E-state index contributed by atoms with van der Waals surface area (Å²) in [5.74, 6) is -0.654. The number of aliphatic hydroxyl groups is 1. The number of benzene rings is 2. The molecule has 0 fully saturated rings. The summed E-state index contributed by atoms with van der Waals surface area (Å²) < 4.78 is 40.8. The maximum absolute atomic E-state index is 13.6. The molecule has 112 valence electrons. The van der Waals surface area contributed by atoms with Gasteiger partial charge in [0.15, 0.2) is 0 Å². The first-order chi connectivity index (χ1) is 9.92. The second-order valence-corrected chi connectivity index (χ2v) is 6.95. The molecule has 0 aromatic heterocycles. The molecule has 0 atom stereocenters. The first-order valence-corrected chi connectivity index (χ1v) is 8.37. The van der Waals surface area contributed by atoms with Crippen molar-refractivity contribution in [3.63, 3.8) is 0 Å². The molecule has 0 heterocycles. The Morgan fingerprint density at radius 2 is 1.81 bits per heavy atom. The Kier molecular flexibility index (Phi) is 4.97. The molecule has 0 amide bonds. The Morgan fingerprint density at radius 1 is 1.14 bits per heavy atom. The second-order valence-electron chi connectivity index (χ2n) is 4.35. The smallest absolute Gasteiger partial charge is 0.261 e. The summed E-state index contributed by atoms with van der Waals surface area (Å²) in [6.45, 7) is -0.00635. The summed E-state index contributed by atoms with van der Waals surface area (Å²) >= 11 is 3.16. The molecule has 0 saturated heterocycles. The third kappa shape index (κ3) is 4.03. The fraction of sp³-hybridized carbons (Fsp3) is 0.143. The van der Waals surface area contributed by atoms with Gasteiger partial charge in [0.25, 0.3) is 10.0 Å². The van der Waals surface area contributed by atoms with Crippen molar-refractivity contribution in [3.05, 3.63) is 58.3 Å². The highest BCUT2D eigenvalue weighted by molar-refractivity contribution is 9.10. The zero-order valence-corrected chi connectivity index (χ0v) is 13.3. The number of hydrogen-bond donors (Lipinski definition) is 2. The van der Waals surface area contributed by atoms with Crippen LogP contribution in [0.3, 0.4) is 0 Å². The Morgan fingerprint density at radius 3 is 2.43 bits per heavy atom. The van der Waals surface area contributed by atoms with E-state index in [1.807, 2.05) is 0 Å². The number of hydrogen-bond acceptors (Lipinski definition) is 3. The first-order valence-electron chi connectivity index (χ1n) is 6.10. The summed E-state index contributed by atoms with van der Waals surface area (Å²) in [6.07, 6.45) is 0.452. The summed E-state index contributed by atoms with van der Waals surface area (Å²) in [4.78, 5) is 0.0311. The van der Waals surface area contributed by atoms with Crippen LogP contribution >= 0.6 is 15.9 Å². The summed E-state index contributed by atoms with van der Waals surface area (Å²) in [5.41, 5.74) is 0.703. The van der Waals surface area contributed by atoms with Crippen LogP contribution in [0.25, 0.3) is 0 Å². The molecule has 0 spiro atoms. The molecule has 21 heavy (non-hydrogen) atoms. The molecule has 0 unspecified atom stereocenters. The van der Waals surface area contributed by atoms with Crippen LogP contribution in [0.1, 0.15) is 5.56 Å². The molecule has 2 rings (SSSR count). The maximum Gasteiger partial charge on any atom is 0.261 e. The van der Waals surface area contributed by atoms with Crippen molar-refractivity contribution in [1.82, 2.24) is 0 Å². The fourth-order valence-electron chi connectivity index (χ4n) is 1.74. The quantitative estimate of drug-likeness (QED) is 0.846. The number of rotatable bonds is 5. The lowest BCUT2D eigenvalue weighted by Gasteiger charge is -2.10. The van der Waals surface area contributed by atoms with Gasteiger partial charge in [-0.15, -0.1) is 0 Å². The van der Waals surface area contributed by atoms with Crippen LogP contribution in [0.15, 0.2) is 51.8 Å². The molecule has 0 aliphatic heterocycles. The SMILES string of the molecule is O=S(=O)(Nc1cc(Br)ccc1F)c1ccc(CCO)cc1. The molecule has 4 nitrogen and oxygen atoms in total. The van der Waals surface area contributed by atoms with E-state index in [1.165, 1.54) is 30.3 Å². The van der Waals surface area contributed by atoms with Crippen LogP contribution in [-0.2, 0) is 16.4 Å². The second kappa shape index (κ2) is 6.55. The van der Waals surface area contributed by atoms with Gasteiger partial charge in [0.05, 0.1) is 10.6 Å². The van der Waals surface area contributed by atoms with Crippen LogP contribution in [0.2, 0.25) is 0 Å². The number of halogens is 2. The van der Waals surface area contributed by atoms with E-state index in [0.717, 1.165) is 5.56 Å². The highest BCUT2D eigenvalue weighted by Gasteiger charge is 2.16. The van der Waals surface area contributed by atoms with Crippen LogP contribution in [0, 0.1) is 5.82 Å². The monoisotopic (exact) mass is 373 g/mol. The van der Waals surface area contributed by atoms with Gasteiger partial charge in [-0.2, -0.15) is 0 Å². The summed E-state index contributed by atoms with van der Waals surface area (Å²) in [5, 5.41) is 8.82.